The van der Waals surface area contributed by atoms with E-state index >= 15 is 0 Å². The summed E-state index contributed by atoms with van der Waals surface area (Å²) in [4.78, 5) is 22.2. The van der Waals surface area contributed by atoms with Crippen LogP contribution in [0.25, 0.3) is 0 Å². The number of hydrogen-bond acceptors (Lipinski definition) is 2. The van der Waals surface area contributed by atoms with Gasteiger partial charge in [-0.05, 0) is 25.2 Å². The van der Waals surface area contributed by atoms with Crippen molar-refractivity contribution in [2.45, 2.75) is 44.9 Å². The van der Waals surface area contributed by atoms with Gasteiger partial charge in [-0.15, -0.1) is 12.3 Å². The van der Waals surface area contributed by atoms with Crippen LogP contribution in [-0.4, -0.2) is 16.9 Å². The molecule has 2 atom stereocenters. The predicted molar refractivity (Wildman–Crippen MR) is 60.8 cm³/mol. The highest BCUT2D eigenvalue weighted by Crippen LogP contribution is 2.34. The number of unbranched alkanes of at least 4 members (excludes halogenated alkanes) is 2. The minimum Gasteiger partial charge on any atom is -0.481 e. The van der Waals surface area contributed by atoms with Gasteiger partial charge < -0.3 is 5.11 Å². The largest absolute Gasteiger partial charge is 0.481 e. The van der Waals surface area contributed by atoms with Gasteiger partial charge in [-0.3, -0.25) is 9.59 Å². The van der Waals surface area contributed by atoms with E-state index in [1.165, 1.54) is 0 Å². The van der Waals surface area contributed by atoms with Crippen LogP contribution in [0.2, 0.25) is 0 Å². The van der Waals surface area contributed by atoms with Crippen molar-refractivity contribution in [3.63, 3.8) is 0 Å². The molecule has 3 nitrogen and oxygen atoms in total. The van der Waals surface area contributed by atoms with Crippen molar-refractivity contribution in [3.05, 3.63) is 0 Å². The number of carboxylic acids is 1. The number of Topliss-reactive ketones (excluding diaryl/α,β-unsaturated/α-hetero) is 1. The second kappa shape index (κ2) is 6.32. The fourth-order valence-corrected chi connectivity index (χ4v) is 2.43. The second-order valence-electron chi connectivity index (χ2n) is 4.42. The highest BCUT2D eigenvalue weighted by molar-refractivity contribution is 5.84. The summed E-state index contributed by atoms with van der Waals surface area (Å²) in [6.45, 7) is 0. The van der Waals surface area contributed by atoms with Crippen molar-refractivity contribution < 1.29 is 14.7 Å². The Bertz CT molecular complexity index is 301. The standard InChI is InChI=1S/C13H18O3/c1-2-3-4-5-6-11-10(9-13(15)16)7-8-12(11)14/h1,10-11H,3-9H2,(H,15,16). The summed E-state index contributed by atoms with van der Waals surface area (Å²) in [5.41, 5.74) is 0. The Morgan fingerprint density at radius 2 is 2.25 bits per heavy atom. The summed E-state index contributed by atoms with van der Waals surface area (Å²) in [6.07, 6.45) is 9.98. The van der Waals surface area contributed by atoms with Crippen LogP contribution < -0.4 is 0 Å². The maximum Gasteiger partial charge on any atom is 0.303 e. The van der Waals surface area contributed by atoms with Crippen LogP contribution in [0.5, 0.6) is 0 Å². The minimum absolute atomic E-state index is 0.0334. The van der Waals surface area contributed by atoms with E-state index in [0.717, 1.165) is 32.1 Å². The van der Waals surface area contributed by atoms with E-state index < -0.39 is 5.97 Å². The highest BCUT2D eigenvalue weighted by atomic mass is 16.4. The van der Waals surface area contributed by atoms with Gasteiger partial charge in [-0.25, -0.2) is 0 Å². The lowest BCUT2D eigenvalue weighted by atomic mass is 9.88. The van der Waals surface area contributed by atoms with Gasteiger partial charge in [-0.1, -0.05) is 6.42 Å². The number of carboxylic acid groups (broad SMARTS) is 1. The molecular formula is C13H18O3. The molecule has 0 bridgehead atoms. The summed E-state index contributed by atoms with van der Waals surface area (Å²) in [6, 6.07) is 0. The Labute approximate surface area is 96.2 Å². The van der Waals surface area contributed by atoms with Crippen molar-refractivity contribution in [1.29, 1.82) is 0 Å². The maximum atomic E-state index is 11.6. The zero-order chi connectivity index (χ0) is 12.0. The van der Waals surface area contributed by atoms with Crippen LogP contribution in [0.4, 0.5) is 0 Å². The van der Waals surface area contributed by atoms with E-state index in [1.807, 2.05) is 0 Å². The molecule has 1 fully saturated rings. The summed E-state index contributed by atoms with van der Waals surface area (Å²) in [5, 5.41) is 8.75. The Balaban J connectivity index is 2.38. The molecule has 0 aromatic rings. The molecule has 0 aromatic carbocycles. The van der Waals surface area contributed by atoms with Gasteiger partial charge in [0.1, 0.15) is 5.78 Å². The topological polar surface area (TPSA) is 54.4 Å². The third-order valence-electron chi connectivity index (χ3n) is 3.27. The van der Waals surface area contributed by atoms with E-state index in [9.17, 15) is 9.59 Å². The van der Waals surface area contributed by atoms with Crippen LogP contribution in [0.3, 0.4) is 0 Å². The molecule has 3 heteroatoms. The lowest BCUT2D eigenvalue weighted by Crippen LogP contribution is -2.17. The Morgan fingerprint density at radius 3 is 2.88 bits per heavy atom. The SMILES string of the molecule is C#CCCCCC1C(=O)CCC1CC(=O)O. The van der Waals surface area contributed by atoms with Crippen LogP contribution in [0, 0.1) is 24.2 Å². The molecule has 1 N–H and O–H groups in total. The first-order valence-electron chi connectivity index (χ1n) is 5.83. The number of terminal acetylenes is 1. The molecule has 0 radical (unpaired) electrons. The van der Waals surface area contributed by atoms with E-state index in [0.29, 0.717) is 6.42 Å². The van der Waals surface area contributed by atoms with Gasteiger partial charge in [0, 0.05) is 25.2 Å². The average molecular weight is 222 g/mol. The Morgan fingerprint density at radius 1 is 1.50 bits per heavy atom. The van der Waals surface area contributed by atoms with Crippen molar-refractivity contribution in [3.8, 4) is 12.3 Å². The first kappa shape index (κ1) is 12.8. The van der Waals surface area contributed by atoms with Gasteiger partial charge in [0.25, 0.3) is 0 Å². The Hall–Kier alpha value is -1.30. The van der Waals surface area contributed by atoms with Crippen molar-refractivity contribution in [1.82, 2.24) is 0 Å². The van der Waals surface area contributed by atoms with Gasteiger partial charge >= 0.3 is 5.97 Å². The molecule has 16 heavy (non-hydrogen) atoms. The lowest BCUT2D eigenvalue weighted by molar-refractivity contribution is -0.138. The first-order valence-corrected chi connectivity index (χ1v) is 5.83. The predicted octanol–water partition coefficient (Wildman–Crippen LogP) is 2.25. The summed E-state index contributed by atoms with van der Waals surface area (Å²) >= 11 is 0. The number of ketones is 1. The molecule has 88 valence electrons. The summed E-state index contributed by atoms with van der Waals surface area (Å²) < 4.78 is 0. The fraction of sp³-hybridized carbons (Fsp3) is 0.692. The highest BCUT2D eigenvalue weighted by Gasteiger charge is 2.34. The molecule has 0 spiro atoms. The normalized spacial score (nSPS) is 24.3. The number of carbonyl (C=O) groups is 2. The van der Waals surface area contributed by atoms with E-state index in [1.54, 1.807) is 0 Å². The van der Waals surface area contributed by atoms with E-state index in [-0.39, 0.29) is 24.0 Å². The van der Waals surface area contributed by atoms with Crippen LogP contribution in [0.15, 0.2) is 0 Å². The third-order valence-corrected chi connectivity index (χ3v) is 3.27. The average Bonchev–Trinajstić information content (AvgIpc) is 2.55. The Kier molecular flexibility index (Phi) is 5.04. The third kappa shape index (κ3) is 3.69. The molecule has 1 saturated carbocycles. The zero-order valence-electron chi connectivity index (χ0n) is 9.45. The molecule has 2 unspecified atom stereocenters. The van der Waals surface area contributed by atoms with Crippen molar-refractivity contribution in [2.24, 2.45) is 11.8 Å². The molecule has 0 aliphatic heterocycles. The van der Waals surface area contributed by atoms with E-state index in [2.05, 4.69) is 5.92 Å². The van der Waals surface area contributed by atoms with Crippen molar-refractivity contribution >= 4 is 11.8 Å². The molecule has 0 saturated heterocycles. The van der Waals surface area contributed by atoms with Crippen LogP contribution in [0.1, 0.15) is 44.9 Å². The smallest absolute Gasteiger partial charge is 0.303 e. The monoisotopic (exact) mass is 222 g/mol. The number of carbonyl (C=O) groups excluding carboxylic acids is 1. The van der Waals surface area contributed by atoms with Crippen LogP contribution >= 0.6 is 0 Å². The second-order valence-corrected chi connectivity index (χ2v) is 4.42. The van der Waals surface area contributed by atoms with E-state index in [4.69, 9.17) is 11.5 Å². The van der Waals surface area contributed by atoms with Crippen LogP contribution in [-0.2, 0) is 9.59 Å². The lowest BCUT2D eigenvalue weighted by Gasteiger charge is -2.15. The quantitative estimate of drug-likeness (QED) is 0.554. The zero-order valence-corrected chi connectivity index (χ0v) is 9.45. The minimum atomic E-state index is -0.798. The molecule has 1 rings (SSSR count). The molecular weight excluding hydrogens is 204 g/mol. The maximum absolute atomic E-state index is 11.6. The molecule has 0 amide bonds. The molecule has 0 heterocycles. The molecule has 1 aliphatic rings. The van der Waals surface area contributed by atoms with Gasteiger partial charge in [0.2, 0.25) is 0 Å². The fourth-order valence-electron chi connectivity index (χ4n) is 2.43. The van der Waals surface area contributed by atoms with Crippen molar-refractivity contribution in [2.75, 3.05) is 0 Å². The van der Waals surface area contributed by atoms with Gasteiger partial charge in [0.15, 0.2) is 0 Å². The molecule has 0 aromatic heterocycles. The van der Waals surface area contributed by atoms with Gasteiger partial charge in [-0.2, -0.15) is 0 Å². The number of aliphatic carboxylic acids is 1. The number of rotatable bonds is 6. The summed E-state index contributed by atoms with van der Waals surface area (Å²) in [7, 11) is 0. The molecule has 1 aliphatic carbocycles. The summed E-state index contributed by atoms with van der Waals surface area (Å²) in [5.74, 6) is 2.03. The first-order chi connectivity index (χ1) is 7.65. The number of hydrogen-bond donors (Lipinski definition) is 1. The van der Waals surface area contributed by atoms with Gasteiger partial charge in [0.05, 0.1) is 0 Å².